The normalized spacial score (nSPS) is 13.2. The molecule has 0 aromatic rings. The molecule has 15 heavy (non-hydrogen) atoms. The molecule has 0 aromatic heterocycles. The lowest BCUT2D eigenvalue weighted by Gasteiger charge is -2.11. The van der Waals surface area contributed by atoms with Gasteiger partial charge in [0.05, 0.1) is 4.99 Å². The molecule has 0 aliphatic carbocycles. The molecule has 5 nitrogen and oxygen atoms in total. The van der Waals surface area contributed by atoms with Crippen LogP contribution in [0, 0.1) is 0 Å². The van der Waals surface area contributed by atoms with Crippen molar-refractivity contribution in [2.75, 3.05) is 11.5 Å². The molecule has 1 unspecified atom stereocenters. The fraction of sp³-hybridized carbons (Fsp3) is 0.750. The van der Waals surface area contributed by atoms with Gasteiger partial charge < -0.3 is 11.1 Å². The zero-order chi connectivity index (χ0) is 12.1. The average Bonchev–Trinajstić information content (AvgIpc) is 1.99. The van der Waals surface area contributed by atoms with Gasteiger partial charge in [0, 0.05) is 6.04 Å². The van der Waals surface area contributed by atoms with E-state index >= 15 is 0 Å². The van der Waals surface area contributed by atoms with Crippen LogP contribution in [0.25, 0.3) is 0 Å². The van der Waals surface area contributed by atoms with Gasteiger partial charge in [0.15, 0.2) is 9.84 Å². The quantitative estimate of drug-likeness (QED) is 0.628. The van der Waals surface area contributed by atoms with Crippen LogP contribution in [0.5, 0.6) is 0 Å². The highest BCUT2D eigenvalue weighted by atomic mass is 32.2. The van der Waals surface area contributed by atoms with Gasteiger partial charge in [-0.05, 0) is 13.3 Å². The summed E-state index contributed by atoms with van der Waals surface area (Å²) < 4.78 is 22.6. The van der Waals surface area contributed by atoms with E-state index in [4.69, 9.17) is 5.73 Å². The minimum Gasteiger partial charge on any atom is -0.392 e. The standard InChI is InChI=1S/C8H16N2O3S2/c1-3-6(2)10-8(11)5-15(12,13)4-7(9)14/h6H,3-5H2,1-2H3,(H2,9,14)(H,10,11). The van der Waals surface area contributed by atoms with E-state index in [1.807, 2.05) is 6.92 Å². The van der Waals surface area contributed by atoms with Gasteiger partial charge in [-0.3, -0.25) is 4.79 Å². The molecule has 3 N–H and O–H groups in total. The molecule has 7 heteroatoms. The minimum absolute atomic E-state index is 0.0301. The number of hydrogen-bond acceptors (Lipinski definition) is 4. The Hall–Kier alpha value is -0.690. The molecule has 0 radical (unpaired) electrons. The van der Waals surface area contributed by atoms with E-state index in [1.54, 1.807) is 6.92 Å². The summed E-state index contributed by atoms with van der Waals surface area (Å²) in [6.07, 6.45) is 0.751. The summed E-state index contributed by atoms with van der Waals surface area (Å²) in [7, 11) is -3.51. The third-order valence-electron chi connectivity index (χ3n) is 1.73. The van der Waals surface area contributed by atoms with Crippen molar-refractivity contribution >= 4 is 33.0 Å². The molecule has 1 atom stereocenters. The molecule has 0 rings (SSSR count). The van der Waals surface area contributed by atoms with E-state index in [1.165, 1.54) is 0 Å². The van der Waals surface area contributed by atoms with Crippen molar-refractivity contribution < 1.29 is 13.2 Å². The number of thiocarbonyl (C=S) groups is 1. The Balaban J connectivity index is 4.23. The third kappa shape index (κ3) is 7.26. The van der Waals surface area contributed by atoms with Gasteiger partial charge in [0.2, 0.25) is 5.91 Å². The van der Waals surface area contributed by atoms with Gasteiger partial charge in [-0.25, -0.2) is 8.42 Å². The number of hydrogen-bond donors (Lipinski definition) is 2. The SMILES string of the molecule is CCC(C)NC(=O)CS(=O)(=O)CC(N)=S. The van der Waals surface area contributed by atoms with Crippen LogP contribution in [0.2, 0.25) is 0 Å². The van der Waals surface area contributed by atoms with E-state index < -0.39 is 27.3 Å². The summed E-state index contributed by atoms with van der Waals surface area (Å²) in [6, 6.07) is -0.0301. The highest BCUT2D eigenvalue weighted by molar-refractivity contribution is 7.94. The summed E-state index contributed by atoms with van der Waals surface area (Å²) in [4.78, 5) is 11.1. The van der Waals surface area contributed by atoms with Crippen molar-refractivity contribution in [1.29, 1.82) is 0 Å². The van der Waals surface area contributed by atoms with E-state index in [2.05, 4.69) is 17.5 Å². The zero-order valence-corrected chi connectivity index (χ0v) is 10.5. The second-order valence-corrected chi connectivity index (χ2v) is 5.96. The number of sulfone groups is 1. The molecule has 0 saturated heterocycles. The van der Waals surface area contributed by atoms with Crippen LogP contribution >= 0.6 is 12.2 Å². The maximum Gasteiger partial charge on any atom is 0.235 e. The first-order valence-electron chi connectivity index (χ1n) is 4.55. The second-order valence-electron chi connectivity index (χ2n) is 3.38. The van der Waals surface area contributed by atoms with Crippen LogP contribution in [0.4, 0.5) is 0 Å². The van der Waals surface area contributed by atoms with Gasteiger partial charge >= 0.3 is 0 Å². The molecular weight excluding hydrogens is 236 g/mol. The van der Waals surface area contributed by atoms with Crippen LogP contribution in [-0.2, 0) is 14.6 Å². The van der Waals surface area contributed by atoms with E-state index in [0.717, 1.165) is 6.42 Å². The van der Waals surface area contributed by atoms with E-state index in [9.17, 15) is 13.2 Å². The molecule has 0 spiro atoms. The minimum atomic E-state index is -3.51. The van der Waals surface area contributed by atoms with Crippen molar-refractivity contribution in [3.8, 4) is 0 Å². The summed E-state index contributed by atoms with van der Waals surface area (Å²) in [5.74, 6) is -1.49. The number of carbonyl (C=O) groups is 1. The number of nitrogens with two attached hydrogens (primary N) is 1. The van der Waals surface area contributed by atoms with Crippen molar-refractivity contribution in [1.82, 2.24) is 5.32 Å². The fourth-order valence-electron chi connectivity index (χ4n) is 0.886. The maximum absolute atomic E-state index is 11.3. The highest BCUT2D eigenvalue weighted by Gasteiger charge is 2.18. The Morgan fingerprint density at radius 1 is 1.47 bits per heavy atom. The first-order chi connectivity index (χ1) is 6.76. The summed E-state index contributed by atoms with van der Waals surface area (Å²) in [5.41, 5.74) is 5.10. The lowest BCUT2D eigenvalue weighted by atomic mass is 10.3. The summed E-state index contributed by atoms with van der Waals surface area (Å²) >= 11 is 4.47. The number of carbonyl (C=O) groups excluding carboxylic acids is 1. The lowest BCUT2D eigenvalue weighted by molar-refractivity contribution is -0.119. The van der Waals surface area contributed by atoms with Gasteiger partial charge in [-0.15, -0.1) is 0 Å². The van der Waals surface area contributed by atoms with Crippen molar-refractivity contribution in [3.05, 3.63) is 0 Å². The van der Waals surface area contributed by atoms with Crippen molar-refractivity contribution in [2.24, 2.45) is 5.73 Å². The van der Waals surface area contributed by atoms with Gasteiger partial charge in [-0.2, -0.15) is 0 Å². The molecule has 0 aliphatic heterocycles. The van der Waals surface area contributed by atoms with Crippen LogP contribution in [0.3, 0.4) is 0 Å². The predicted octanol–water partition coefficient (Wildman–Crippen LogP) is -0.398. The molecule has 1 amide bonds. The lowest BCUT2D eigenvalue weighted by Crippen LogP contribution is -2.38. The fourth-order valence-corrected chi connectivity index (χ4v) is 2.44. The highest BCUT2D eigenvalue weighted by Crippen LogP contribution is 1.93. The average molecular weight is 252 g/mol. The maximum atomic E-state index is 11.3. The Kier molecular flexibility index (Phi) is 5.74. The van der Waals surface area contributed by atoms with Gasteiger partial charge in [0.25, 0.3) is 0 Å². The Morgan fingerprint density at radius 3 is 2.40 bits per heavy atom. The second kappa shape index (κ2) is 6.02. The van der Waals surface area contributed by atoms with Gasteiger partial charge in [0.1, 0.15) is 11.5 Å². The first-order valence-corrected chi connectivity index (χ1v) is 6.78. The summed E-state index contributed by atoms with van der Waals surface area (Å²) in [5, 5.41) is 2.56. The van der Waals surface area contributed by atoms with E-state index in [-0.39, 0.29) is 11.0 Å². The molecule has 0 aliphatic rings. The molecule has 0 saturated carbocycles. The molecule has 0 heterocycles. The first kappa shape index (κ1) is 14.3. The Bertz CT molecular complexity index is 338. The zero-order valence-electron chi connectivity index (χ0n) is 8.82. The summed E-state index contributed by atoms with van der Waals surface area (Å²) in [6.45, 7) is 3.70. The Morgan fingerprint density at radius 2 is 2.00 bits per heavy atom. The Labute approximate surface area is 95.3 Å². The predicted molar refractivity (Wildman–Crippen MR) is 63.3 cm³/mol. The van der Waals surface area contributed by atoms with Crippen LogP contribution < -0.4 is 11.1 Å². The third-order valence-corrected chi connectivity index (χ3v) is 3.51. The van der Waals surface area contributed by atoms with Gasteiger partial charge in [-0.1, -0.05) is 19.1 Å². The molecular formula is C8H16N2O3S2. The molecule has 88 valence electrons. The van der Waals surface area contributed by atoms with Crippen LogP contribution in [0.1, 0.15) is 20.3 Å². The molecule has 0 aromatic carbocycles. The smallest absolute Gasteiger partial charge is 0.235 e. The largest absolute Gasteiger partial charge is 0.392 e. The molecule has 0 bridgehead atoms. The topological polar surface area (TPSA) is 89.3 Å². The number of nitrogens with one attached hydrogen (secondary N) is 1. The molecule has 0 fully saturated rings. The van der Waals surface area contributed by atoms with Crippen molar-refractivity contribution in [3.63, 3.8) is 0 Å². The monoisotopic (exact) mass is 252 g/mol. The van der Waals surface area contributed by atoms with E-state index in [0.29, 0.717) is 0 Å². The number of rotatable bonds is 6. The van der Waals surface area contributed by atoms with Crippen molar-refractivity contribution in [2.45, 2.75) is 26.3 Å². The van der Waals surface area contributed by atoms with Crippen LogP contribution in [-0.4, -0.2) is 36.9 Å². The van der Waals surface area contributed by atoms with Crippen LogP contribution in [0.15, 0.2) is 0 Å². The number of amides is 1.